The zero-order valence-corrected chi connectivity index (χ0v) is 29.5. The largest absolute Gasteiger partial charge is 0.459 e. The first-order valence-electron chi connectivity index (χ1n) is 16.4. The van der Waals surface area contributed by atoms with Crippen LogP contribution in [-0.2, 0) is 23.9 Å². The van der Waals surface area contributed by atoms with Gasteiger partial charge in [-0.25, -0.2) is 9.59 Å². The zero-order valence-electron chi connectivity index (χ0n) is 27.9. The van der Waals surface area contributed by atoms with Gasteiger partial charge in [0.15, 0.2) is 5.78 Å². The molecule has 4 aliphatic carbocycles. The maximum Gasteiger partial charge on any atom is 0.331 e. The Morgan fingerprint density at radius 2 is 1.70 bits per heavy atom. The number of ketones is 1. The van der Waals surface area contributed by atoms with Crippen LogP contribution in [0.1, 0.15) is 92.1 Å². The van der Waals surface area contributed by atoms with E-state index in [0.29, 0.717) is 34.9 Å². The smallest absolute Gasteiger partial charge is 0.331 e. The van der Waals surface area contributed by atoms with E-state index in [1.807, 2.05) is 33.8 Å². The molecule has 0 heterocycles. The number of allylic oxidation sites excluding steroid dienone is 1. The summed E-state index contributed by atoms with van der Waals surface area (Å²) in [7, 11) is 0. The second-order valence-electron chi connectivity index (χ2n) is 14.8. The fraction of sp³-hybridized carbons (Fsp3) is 0.595. The topological polar surface area (TPSA) is 130 Å². The highest BCUT2D eigenvalue weighted by Gasteiger charge is 2.81. The molecule has 8 nitrogen and oxygen atoms in total. The van der Waals surface area contributed by atoms with Gasteiger partial charge >= 0.3 is 11.9 Å². The number of benzene rings is 1. The zero-order chi connectivity index (χ0) is 34.7. The van der Waals surface area contributed by atoms with Crippen molar-refractivity contribution in [2.24, 2.45) is 22.7 Å². The van der Waals surface area contributed by atoms with Crippen molar-refractivity contribution >= 4 is 47.0 Å². The number of hydrogen-bond donors (Lipinski definition) is 3. The van der Waals surface area contributed by atoms with Gasteiger partial charge in [-0.1, -0.05) is 67.3 Å². The van der Waals surface area contributed by atoms with E-state index in [4.69, 9.17) is 32.7 Å². The molecule has 3 fully saturated rings. The van der Waals surface area contributed by atoms with Crippen LogP contribution in [0.3, 0.4) is 0 Å². The van der Waals surface area contributed by atoms with Crippen LogP contribution in [0.5, 0.6) is 0 Å². The molecule has 10 heteroatoms. The molecule has 0 saturated heterocycles. The lowest BCUT2D eigenvalue weighted by Gasteiger charge is -2.67. The third-order valence-corrected chi connectivity index (χ3v) is 12.9. The van der Waals surface area contributed by atoms with Crippen molar-refractivity contribution < 1.29 is 39.2 Å². The molecule has 1 aromatic rings. The average molecular weight is 690 g/mol. The number of carbonyl (C=O) groups is 3. The van der Waals surface area contributed by atoms with Crippen molar-refractivity contribution in [2.45, 2.75) is 115 Å². The number of halogens is 2. The Labute approximate surface area is 286 Å². The van der Waals surface area contributed by atoms with Crippen LogP contribution in [-0.4, -0.2) is 62.1 Å². The monoisotopic (exact) mass is 688 g/mol. The molecule has 1 aromatic carbocycles. The quantitative estimate of drug-likeness (QED) is 0.167. The van der Waals surface area contributed by atoms with E-state index in [0.717, 1.165) is 11.1 Å². The van der Waals surface area contributed by atoms with Crippen molar-refractivity contribution in [2.75, 3.05) is 0 Å². The van der Waals surface area contributed by atoms with Crippen LogP contribution >= 0.6 is 23.2 Å². The fourth-order valence-corrected chi connectivity index (χ4v) is 9.45. The van der Waals surface area contributed by atoms with Gasteiger partial charge in [0, 0.05) is 34.5 Å². The van der Waals surface area contributed by atoms with Gasteiger partial charge in [-0.05, 0) is 94.4 Å². The van der Waals surface area contributed by atoms with Crippen LogP contribution in [0.2, 0.25) is 10.0 Å². The molecule has 256 valence electrons. The van der Waals surface area contributed by atoms with Crippen LogP contribution in [0.4, 0.5) is 0 Å². The minimum Gasteiger partial charge on any atom is -0.459 e. The van der Waals surface area contributed by atoms with Gasteiger partial charge in [0.05, 0.1) is 5.41 Å². The first-order valence-corrected chi connectivity index (χ1v) is 17.2. The first kappa shape index (κ1) is 35.8. The summed E-state index contributed by atoms with van der Waals surface area (Å²) in [5, 5.41) is 38.1. The highest BCUT2D eigenvalue weighted by Crippen LogP contribution is 2.71. The summed E-state index contributed by atoms with van der Waals surface area (Å²) in [6, 6.07) is 4.99. The second-order valence-corrected chi connectivity index (χ2v) is 15.7. The number of hydrogen-bond acceptors (Lipinski definition) is 8. The van der Waals surface area contributed by atoms with E-state index in [9.17, 15) is 29.7 Å². The summed E-state index contributed by atoms with van der Waals surface area (Å²) in [5.74, 6) is -2.13. The van der Waals surface area contributed by atoms with Crippen LogP contribution in [0, 0.1) is 22.7 Å². The summed E-state index contributed by atoms with van der Waals surface area (Å²) in [6.45, 7) is 10.6. The Morgan fingerprint density at radius 3 is 2.34 bits per heavy atom. The predicted molar refractivity (Wildman–Crippen MR) is 179 cm³/mol. The van der Waals surface area contributed by atoms with E-state index in [1.54, 1.807) is 31.2 Å². The Kier molecular flexibility index (Phi) is 9.48. The molecular formula is C37H46Cl2O8. The molecule has 0 radical (unpaired) electrons. The molecule has 8 atom stereocenters. The van der Waals surface area contributed by atoms with Crippen molar-refractivity contribution in [3.8, 4) is 0 Å². The van der Waals surface area contributed by atoms with E-state index in [1.165, 1.54) is 19.1 Å². The molecule has 0 spiro atoms. The summed E-state index contributed by atoms with van der Waals surface area (Å²) >= 11 is 12.2. The Balaban J connectivity index is 1.44. The molecule has 5 rings (SSSR count). The third kappa shape index (κ3) is 5.62. The van der Waals surface area contributed by atoms with Gasteiger partial charge in [0.25, 0.3) is 0 Å². The molecule has 0 aliphatic heterocycles. The van der Waals surface area contributed by atoms with E-state index >= 15 is 0 Å². The van der Waals surface area contributed by atoms with Crippen LogP contribution in [0.25, 0.3) is 6.08 Å². The highest BCUT2D eigenvalue weighted by atomic mass is 35.5. The van der Waals surface area contributed by atoms with Gasteiger partial charge < -0.3 is 24.8 Å². The number of carbonyl (C=O) groups excluding carboxylic acids is 3. The van der Waals surface area contributed by atoms with Gasteiger partial charge in [0.1, 0.15) is 29.0 Å². The second kappa shape index (κ2) is 12.4. The fourth-order valence-electron chi connectivity index (χ4n) is 8.98. The maximum absolute atomic E-state index is 13.3. The van der Waals surface area contributed by atoms with Crippen LogP contribution < -0.4 is 0 Å². The van der Waals surface area contributed by atoms with E-state index in [2.05, 4.69) is 0 Å². The molecule has 0 amide bonds. The van der Waals surface area contributed by atoms with Crippen LogP contribution in [0.15, 0.2) is 47.6 Å². The van der Waals surface area contributed by atoms with Gasteiger partial charge in [-0.2, -0.15) is 0 Å². The Hall–Kier alpha value is -2.49. The maximum atomic E-state index is 13.3. The number of rotatable bonds is 7. The summed E-state index contributed by atoms with van der Waals surface area (Å²) < 4.78 is 11.9. The molecule has 4 aliphatic rings. The number of esters is 2. The van der Waals surface area contributed by atoms with Crippen molar-refractivity contribution in [3.63, 3.8) is 0 Å². The van der Waals surface area contributed by atoms with E-state index in [-0.39, 0.29) is 31.6 Å². The Bertz CT molecular complexity index is 1560. The summed E-state index contributed by atoms with van der Waals surface area (Å²) in [5.41, 5.74) is -5.52. The molecule has 0 aromatic heterocycles. The normalized spacial score (nSPS) is 38.3. The third-order valence-electron chi connectivity index (χ3n) is 12.3. The summed E-state index contributed by atoms with van der Waals surface area (Å²) in [4.78, 5) is 39.1. The van der Waals surface area contributed by atoms with E-state index < -0.39 is 63.5 Å². The lowest BCUT2D eigenvalue weighted by atomic mass is 9.42. The molecular weight excluding hydrogens is 643 g/mol. The van der Waals surface area contributed by atoms with Gasteiger partial charge in [-0.15, -0.1) is 0 Å². The molecule has 3 N–H and O–H groups in total. The number of ether oxygens (including phenoxy) is 2. The number of aliphatic hydroxyl groups is 3. The molecule has 0 bridgehead atoms. The number of Topliss-reactive ketones (excluding diaryl/α,β-unsaturated/α-hetero) is 1. The van der Waals surface area contributed by atoms with Crippen molar-refractivity contribution in [1.29, 1.82) is 0 Å². The molecule has 3 saturated carbocycles. The average Bonchev–Trinajstić information content (AvgIpc) is 3.22. The van der Waals surface area contributed by atoms with Gasteiger partial charge in [0.2, 0.25) is 0 Å². The lowest BCUT2D eigenvalue weighted by molar-refractivity contribution is -0.314. The minimum atomic E-state index is -2.01. The summed E-state index contributed by atoms with van der Waals surface area (Å²) in [6.07, 6.45) is 6.38. The SMILES string of the molecule is CC(=O)[C@]1(O)CC[C@@]2(O)[C@]1(C)[C@H](OC(=O)/C=C(\C)C(C)C)C[C@@H]1[C@@]3(C)CC[C@H](OC(=O)/C=C/c4ccc(Cl)cc4Cl)CC3=CC[C@]12O. The Morgan fingerprint density at radius 1 is 1.00 bits per heavy atom. The standard InChI is InChI=1S/C37H46Cl2O8/c1-21(2)22(3)17-32(42)47-30-20-29-33(5)13-12-27(46-31(41)10-8-24-7-9-26(38)19-28(24)39)18-25(33)11-14-36(29,44)37(45)16-15-35(43,23(4)40)34(30,37)6/h7-11,17,19,21,27,29-30,43-45H,12-16,18,20H2,1-6H3/b10-8+,22-17+/t27-,29+,30+,33-,34+,35+,36-,37+/m0/s1. The van der Waals surface area contributed by atoms with Crippen molar-refractivity contribution in [3.05, 3.63) is 63.2 Å². The first-order chi connectivity index (χ1) is 21.8. The molecule has 0 unspecified atom stereocenters. The lowest BCUT2D eigenvalue weighted by Crippen LogP contribution is -2.78. The van der Waals surface area contributed by atoms with Gasteiger partial charge in [-0.3, -0.25) is 4.79 Å². The molecule has 47 heavy (non-hydrogen) atoms. The number of fused-ring (bicyclic) bond motifs is 5. The highest BCUT2D eigenvalue weighted by molar-refractivity contribution is 6.35. The minimum absolute atomic E-state index is 0.0368. The van der Waals surface area contributed by atoms with Crippen molar-refractivity contribution in [1.82, 2.24) is 0 Å². The predicted octanol–water partition coefficient (Wildman–Crippen LogP) is 6.56.